The number of rotatable bonds is 1. The van der Waals surface area contributed by atoms with Gasteiger partial charge in [0.05, 0.1) is 5.69 Å². The molecule has 0 atom stereocenters. The fourth-order valence-electron chi connectivity index (χ4n) is 1.81. The van der Waals surface area contributed by atoms with Gasteiger partial charge >= 0.3 is 0 Å². The SMILES string of the molecule is Cc1cc2c(cc1N)N(S(N)(=O)=O)CC2. The molecule has 1 aliphatic heterocycles. The molecular weight excluding hydrogens is 214 g/mol. The summed E-state index contributed by atoms with van der Waals surface area (Å²) >= 11 is 0. The van der Waals surface area contributed by atoms with Crippen molar-refractivity contribution in [3.05, 3.63) is 23.3 Å². The molecule has 5 nitrogen and oxygen atoms in total. The second-order valence-electron chi connectivity index (χ2n) is 3.70. The number of nitrogens with zero attached hydrogens (tertiary/aromatic N) is 1. The highest BCUT2D eigenvalue weighted by atomic mass is 32.2. The molecule has 0 aliphatic carbocycles. The van der Waals surface area contributed by atoms with Crippen molar-refractivity contribution in [2.24, 2.45) is 5.14 Å². The van der Waals surface area contributed by atoms with Gasteiger partial charge in [-0.3, -0.25) is 4.31 Å². The van der Waals surface area contributed by atoms with Crippen LogP contribution in [-0.4, -0.2) is 15.0 Å². The van der Waals surface area contributed by atoms with E-state index in [0.29, 0.717) is 24.3 Å². The van der Waals surface area contributed by atoms with E-state index in [9.17, 15) is 8.42 Å². The lowest BCUT2D eigenvalue weighted by Crippen LogP contribution is -2.35. The molecule has 1 aliphatic rings. The number of benzene rings is 1. The summed E-state index contributed by atoms with van der Waals surface area (Å²) in [6.45, 7) is 2.30. The highest BCUT2D eigenvalue weighted by Crippen LogP contribution is 2.32. The van der Waals surface area contributed by atoms with Crippen molar-refractivity contribution in [1.29, 1.82) is 0 Å². The number of fused-ring (bicyclic) bond motifs is 1. The van der Waals surface area contributed by atoms with Crippen molar-refractivity contribution < 1.29 is 8.42 Å². The molecule has 0 aromatic heterocycles. The van der Waals surface area contributed by atoms with Gasteiger partial charge in [0.15, 0.2) is 0 Å². The zero-order valence-electron chi connectivity index (χ0n) is 8.40. The van der Waals surface area contributed by atoms with Gasteiger partial charge in [0, 0.05) is 12.2 Å². The molecule has 6 heteroatoms. The summed E-state index contributed by atoms with van der Waals surface area (Å²) in [5.41, 5.74) is 8.88. The highest BCUT2D eigenvalue weighted by molar-refractivity contribution is 7.90. The molecule has 1 aromatic rings. The molecule has 2 rings (SSSR count). The molecule has 4 N–H and O–H groups in total. The lowest BCUT2D eigenvalue weighted by atomic mass is 10.1. The number of nitrogens with two attached hydrogens (primary N) is 2. The standard InChI is InChI=1S/C9H13N3O2S/c1-6-4-7-2-3-12(15(11,13)14)9(7)5-8(6)10/h4-5H,2-3,10H2,1H3,(H2,11,13,14). The van der Waals surface area contributed by atoms with Crippen molar-refractivity contribution in [3.63, 3.8) is 0 Å². The van der Waals surface area contributed by atoms with Gasteiger partial charge in [0.1, 0.15) is 0 Å². The van der Waals surface area contributed by atoms with Crippen molar-refractivity contribution in [3.8, 4) is 0 Å². The summed E-state index contributed by atoms with van der Waals surface area (Å²) in [5.74, 6) is 0. The largest absolute Gasteiger partial charge is 0.398 e. The molecule has 0 saturated heterocycles. The monoisotopic (exact) mass is 227 g/mol. The van der Waals surface area contributed by atoms with Gasteiger partial charge in [0.2, 0.25) is 0 Å². The van der Waals surface area contributed by atoms with E-state index in [1.165, 1.54) is 4.31 Å². The van der Waals surface area contributed by atoms with Crippen LogP contribution < -0.4 is 15.2 Å². The minimum atomic E-state index is -3.67. The molecule has 1 aromatic carbocycles. The Morgan fingerprint density at radius 1 is 1.40 bits per heavy atom. The van der Waals surface area contributed by atoms with Crippen LogP contribution in [0.4, 0.5) is 11.4 Å². The van der Waals surface area contributed by atoms with Crippen LogP contribution in [0.1, 0.15) is 11.1 Å². The summed E-state index contributed by atoms with van der Waals surface area (Å²) in [6.07, 6.45) is 0.687. The fraction of sp³-hybridized carbons (Fsp3) is 0.333. The van der Waals surface area contributed by atoms with E-state index in [1.807, 2.05) is 13.0 Å². The van der Waals surface area contributed by atoms with Gasteiger partial charge in [-0.15, -0.1) is 0 Å². The Morgan fingerprint density at radius 3 is 2.67 bits per heavy atom. The first-order valence-electron chi connectivity index (χ1n) is 4.59. The third-order valence-electron chi connectivity index (χ3n) is 2.63. The minimum absolute atomic E-state index is 0.400. The molecule has 0 amide bonds. The van der Waals surface area contributed by atoms with E-state index in [2.05, 4.69) is 0 Å². The van der Waals surface area contributed by atoms with Crippen LogP contribution in [0.3, 0.4) is 0 Å². The summed E-state index contributed by atoms with van der Waals surface area (Å²) in [7, 11) is -3.67. The quantitative estimate of drug-likeness (QED) is 0.669. The highest BCUT2D eigenvalue weighted by Gasteiger charge is 2.27. The normalized spacial score (nSPS) is 15.5. The van der Waals surface area contributed by atoms with E-state index >= 15 is 0 Å². The molecule has 0 bridgehead atoms. The predicted octanol–water partition coefficient (Wildman–Crippen LogP) is 0.143. The molecule has 0 saturated carbocycles. The molecule has 0 spiro atoms. The Bertz CT molecular complexity index is 510. The molecule has 15 heavy (non-hydrogen) atoms. The maximum Gasteiger partial charge on any atom is 0.299 e. The molecule has 0 fully saturated rings. The second-order valence-corrected chi connectivity index (χ2v) is 5.18. The number of anilines is 2. The van der Waals surface area contributed by atoms with Crippen molar-refractivity contribution in [2.75, 3.05) is 16.6 Å². The number of hydrogen-bond acceptors (Lipinski definition) is 3. The maximum absolute atomic E-state index is 11.3. The van der Waals surface area contributed by atoms with Gasteiger partial charge < -0.3 is 5.73 Å². The fourth-order valence-corrected chi connectivity index (χ4v) is 2.60. The van der Waals surface area contributed by atoms with Crippen LogP contribution in [0.25, 0.3) is 0 Å². The molecule has 0 radical (unpaired) electrons. The number of aryl methyl sites for hydroxylation is 1. The van der Waals surface area contributed by atoms with Crippen LogP contribution in [-0.2, 0) is 16.6 Å². The Hall–Kier alpha value is -1.27. The van der Waals surface area contributed by atoms with Gasteiger partial charge in [-0.2, -0.15) is 8.42 Å². The summed E-state index contributed by atoms with van der Waals surface area (Å²) in [6, 6.07) is 3.58. The lowest BCUT2D eigenvalue weighted by molar-refractivity contribution is 0.594. The maximum atomic E-state index is 11.3. The zero-order chi connectivity index (χ0) is 11.2. The topological polar surface area (TPSA) is 89.4 Å². The molecule has 82 valence electrons. The first-order chi connectivity index (χ1) is 6.89. The first kappa shape index (κ1) is 10.3. The van der Waals surface area contributed by atoms with Gasteiger partial charge in [-0.1, -0.05) is 6.07 Å². The number of hydrogen-bond donors (Lipinski definition) is 2. The van der Waals surface area contributed by atoms with Crippen LogP contribution in [0.5, 0.6) is 0 Å². The Kier molecular flexibility index (Phi) is 2.13. The van der Waals surface area contributed by atoms with Crippen molar-refractivity contribution in [1.82, 2.24) is 0 Å². The summed E-state index contributed by atoms with van der Waals surface area (Å²) < 4.78 is 23.7. The minimum Gasteiger partial charge on any atom is -0.398 e. The average molecular weight is 227 g/mol. The van der Waals surface area contributed by atoms with E-state index in [0.717, 1.165) is 11.1 Å². The van der Waals surface area contributed by atoms with Crippen LogP contribution in [0, 0.1) is 6.92 Å². The van der Waals surface area contributed by atoms with Crippen LogP contribution in [0.15, 0.2) is 12.1 Å². The lowest BCUT2D eigenvalue weighted by Gasteiger charge is -2.16. The zero-order valence-corrected chi connectivity index (χ0v) is 9.21. The predicted molar refractivity (Wildman–Crippen MR) is 59.7 cm³/mol. The summed E-state index contributed by atoms with van der Waals surface area (Å²) in [5, 5.41) is 5.10. The van der Waals surface area contributed by atoms with Crippen molar-refractivity contribution in [2.45, 2.75) is 13.3 Å². The van der Waals surface area contributed by atoms with Crippen LogP contribution in [0.2, 0.25) is 0 Å². The van der Waals surface area contributed by atoms with Gasteiger partial charge in [-0.25, -0.2) is 5.14 Å². The first-order valence-corrected chi connectivity index (χ1v) is 6.09. The molecule has 1 heterocycles. The van der Waals surface area contributed by atoms with E-state index in [1.54, 1.807) is 6.07 Å². The van der Waals surface area contributed by atoms with E-state index < -0.39 is 10.2 Å². The Morgan fingerprint density at radius 2 is 2.07 bits per heavy atom. The van der Waals surface area contributed by atoms with Gasteiger partial charge in [0.25, 0.3) is 10.2 Å². The van der Waals surface area contributed by atoms with Crippen molar-refractivity contribution >= 4 is 21.6 Å². The Balaban J connectivity index is 2.57. The van der Waals surface area contributed by atoms with Crippen LogP contribution >= 0.6 is 0 Å². The molecular formula is C9H13N3O2S. The second kappa shape index (κ2) is 3.11. The smallest absolute Gasteiger partial charge is 0.299 e. The molecule has 0 unspecified atom stereocenters. The average Bonchev–Trinajstić information content (AvgIpc) is 2.47. The van der Waals surface area contributed by atoms with E-state index in [4.69, 9.17) is 10.9 Å². The van der Waals surface area contributed by atoms with E-state index in [-0.39, 0.29) is 0 Å². The third-order valence-corrected chi connectivity index (χ3v) is 3.62. The third kappa shape index (κ3) is 1.66. The number of nitrogen functional groups attached to an aromatic ring is 1. The summed E-state index contributed by atoms with van der Waals surface area (Å²) in [4.78, 5) is 0. The Labute approximate surface area is 88.9 Å². The van der Waals surface area contributed by atoms with Gasteiger partial charge in [-0.05, 0) is 30.5 Å².